The average Bonchev–Trinajstić information content (AvgIpc) is 2.27. The van der Waals surface area contributed by atoms with Crippen LogP contribution < -0.4 is 0 Å². The summed E-state index contributed by atoms with van der Waals surface area (Å²) in [5.41, 5.74) is 1.79. The average molecular weight is 242 g/mol. The lowest BCUT2D eigenvalue weighted by atomic mass is 10.0. The largest absolute Gasteiger partial charge is 0.298 e. The first-order chi connectivity index (χ1) is 7.10. The van der Waals surface area contributed by atoms with Gasteiger partial charge in [-0.25, -0.2) is 0 Å². The molecule has 0 spiro atoms. The van der Waals surface area contributed by atoms with E-state index in [1.807, 2.05) is 6.07 Å². The van der Waals surface area contributed by atoms with Gasteiger partial charge in [-0.15, -0.1) is 23.2 Å². The predicted molar refractivity (Wildman–Crippen MR) is 60.0 cm³/mol. The van der Waals surface area contributed by atoms with Crippen molar-refractivity contribution in [1.29, 1.82) is 5.26 Å². The van der Waals surface area contributed by atoms with Crippen LogP contribution in [0.5, 0.6) is 0 Å². The third-order valence-electron chi connectivity index (χ3n) is 2.02. The highest BCUT2D eigenvalue weighted by atomic mass is 35.5. The number of rotatable bonds is 3. The molecule has 0 amide bonds. The van der Waals surface area contributed by atoms with Gasteiger partial charge >= 0.3 is 0 Å². The Morgan fingerprint density at radius 2 is 2.27 bits per heavy atom. The van der Waals surface area contributed by atoms with Crippen molar-refractivity contribution in [3.63, 3.8) is 0 Å². The molecule has 1 atom stereocenters. The van der Waals surface area contributed by atoms with E-state index in [1.54, 1.807) is 18.2 Å². The molecule has 0 saturated heterocycles. The number of nitriles is 1. The van der Waals surface area contributed by atoms with Gasteiger partial charge in [-0.1, -0.05) is 12.1 Å². The monoisotopic (exact) mass is 241 g/mol. The van der Waals surface area contributed by atoms with E-state index in [-0.39, 0.29) is 5.78 Å². The second-order valence-corrected chi connectivity index (χ2v) is 3.84. The molecule has 0 heterocycles. The summed E-state index contributed by atoms with van der Waals surface area (Å²) < 4.78 is 0. The number of benzene rings is 1. The van der Waals surface area contributed by atoms with Crippen LogP contribution in [0.1, 0.15) is 29.0 Å². The molecule has 15 heavy (non-hydrogen) atoms. The number of hydrogen-bond donors (Lipinski definition) is 0. The Kier molecular flexibility index (Phi) is 4.14. The molecule has 0 saturated carbocycles. The first kappa shape index (κ1) is 12.0. The number of carbonyl (C=O) groups excluding carboxylic acids is 1. The smallest absolute Gasteiger partial charge is 0.152 e. The Morgan fingerprint density at radius 3 is 2.73 bits per heavy atom. The quantitative estimate of drug-likeness (QED) is 0.764. The molecule has 4 heteroatoms. The minimum Gasteiger partial charge on any atom is -0.298 e. The van der Waals surface area contributed by atoms with E-state index in [0.29, 0.717) is 17.0 Å². The Hall–Kier alpha value is -1.04. The van der Waals surface area contributed by atoms with Crippen LogP contribution >= 0.6 is 23.2 Å². The zero-order chi connectivity index (χ0) is 11.4. The molecule has 1 aromatic rings. The SMILES string of the molecule is CC(=O)C(Cl)c1ccc(CCl)cc1C#N. The minimum absolute atomic E-state index is 0.174. The summed E-state index contributed by atoms with van der Waals surface area (Å²) >= 11 is 11.5. The Labute approximate surface area is 98.4 Å². The number of carbonyl (C=O) groups is 1. The second-order valence-electron chi connectivity index (χ2n) is 3.14. The highest BCUT2D eigenvalue weighted by molar-refractivity contribution is 6.31. The van der Waals surface area contributed by atoms with Crippen molar-refractivity contribution in [2.45, 2.75) is 18.2 Å². The first-order valence-corrected chi connectivity index (χ1v) is 5.30. The summed E-state index contributed by atoms with van der Waals surface area (Å²) in [6, 6.07) is 7.11. The fourth-order valence-electron chi connectivity index (χ4n) is 1.22. The van der Waals surface area contributed by atoms with Crippen LogP contribution in [0.3, 0.4) is 0 Å². The zero-order valence-corrected chi connectivity index (χ0v) is 9.64. The van der Waals surface area contributed by atoms with Gasteiger partial charge < -0.3 is 0 Å². The molecule has 0 bridgehead atoms. The van der Waals surface area contributed by atoms with Crippen LogP contribution in [0, 0.1) is 11.3 Å². The Bertz CT molecular complexity index is 423. The van der Waals surface area contributed by atoms with Crippen LogP contribution in [-0.4, -0.2) is 5.78 Å². The van der Waals surface area contributed by atoms with Crippen molar-refractivity contribution in [3.05, 3.63) is 34.9 Å². The van der Waals surface area contributed by atoms with Crippen LogP contribution in [0.2, 0.25) is 0 Å². The van der Waals surface area contributed by atoms with E-state index in [4.69, 9.17) is 28.5 Å². The molecule has 0 aliphatic carbocycles. The maximum atomic E-state index is 11.1. The second kappa shape index (κ2) is 5.16. The van der Waals surface area contributed by atoms with E-state index in [2.05, 4.69) is 0 Å². The summed E-state index contributed by atoms with van der Waals surface area (Å²) in [5, 5.41) is 8.15. The van der Waals surface area contributed by atoms with Gasteiger partial charge in [-0.05, 0) is 24.1 Å². The van der Waals surface area contributed by atoms with Crippen LogP contribution in [-0.2, 0) is 10.7 Å². The maximum Gasteiger partial charge on any atom is 0.152 e. The van der Waals surface area contributed by atoms with Gasteiger partial charge in [0.25, 0.3) is 0 Å². The molecule has 0 aromatic heterocycles. The Morgan fingerprint density at radius 1 is 1.60 bits per heavy atom. The topological polar surface area (TPSA) is 40.9 Å². The van der Waals surface area contributed by atoms with E-state index < -0.39 is 5.38 Å². The van der Waals surface area contributed by atoms with Gasteiger partial charge in [-0.3, -0.25) is 4.79 Å². The Balaban J connectivity index is 3.20. The molecule has 0 aliphatic heterocycles. The zero-order valence-electron chi connectivity index (χ0n) is 8.13. The van der Waals surface area contributed by atoms with Crippen LogP contribution in [0.4, 0.5) is 0 Å². The lowest BCUT2D eigenvalue weighted by Crippen LogP contribution is -2.04. The van der Waals surface area contributed by atoms with Crippen molar-refractivity contribution in [2.75, 3.05) is 0 Å². The van der Waals surface area contributed by atoms with Gasteiger partial charge in [-0.2, -0.15) is 5.26 Å². The summed E-state index contributed by atoms with van der Waals surface area (Å²) in [7, 11) is 0. The molecule has 1 aromatic carbocycles. The highest BCUT2D eigenvalue weighted by Gasteiger charge is 2.17. The fourth-order valence-corrected chi connectivity index (χ4v) is 1.58. The molecule has 1 unspecified atom stereocenters. The minimum atomic E-state index is -0.760. The summed E-state index contributed by atoms with van der Waals surface area (Å²) in [5.74, 6) is 0.161. The number of hydrogen-bond acceptors (Lipinski definition) is 2. The number of Topliss-reactive ketones (excluding diaryl/α,β-unsaturated/α-hetero) is 1. The molecular weight excluding hydrogens is 233 g/mol. The van der Waals surface area contributed by atoms with E-state index >= 15 is 0 Å². The molecule has 0 radical (unpaired) electrons. The van der Waals surface area contributed by atoms with Gasteiger partial charge in [0.2, 0.25) is 0 Å². The molecular formula is C11H9Cl2NO. The first-order valence-electron chi connectivity index (χ1n) is 4.33. The van der Waals surface area contributed by atoms with E-state index in [1.165, 1.54) is 6.92 Å². The molecule has 0 N–H and O–H groups in total. The van der Waals surface area contributed by atoms with Gasteiger partial charge in [0.15, 0.2) is 5.78 Å². The number of halogens is 2. The van der Waals surface area contributed by atoms with E-state index in [0.717, 1.165) is 5.56 Å². The lowest BCUT2D eigenvalue weighted by Gasteiger charge is -2.08. The fraction of sp³-hybridized carbons (Fsp3) is 0.273. The molecule has 2 nitrogen and oxygen atoms in total. The molecule has 0 aliphatic rings. The highest BCUT2D eigenvalue weighted by Crippen LogP contribution is 2.25. The summed E-state index contributed by atoms with van der Waals surface area (Å²) in [6.45, 7) is 1.40. The van der Waals surface area contributed by atoms with Crippen LogP contribution in [0.15, 0.2) is 18.2 Å². The van der Waals surface area contributed by atoms with Crippen molar-refractivity contribution in [3.8, 4) is 6.07 Å². The molecule has 1 rings (SSSR count). The normalized spacial score (nSPS) is 11.9. The summed E-state index contributed by atoms with van der Waals surface area (Å²) in [4.78, 5) is 11.1. The van der Waals surface area contributed by atoms with Gasteiger partial charge in [0.05, 0.1) is 11.6 Å². The number of alkyl halides is 2. The standard InChI is InChI=1S/C11H9Cl2NO/c1-7(15)11(13)10-3-2-8(5-12)4-9(10)6-14/h2-4,11H,5H2,1H3. The van der Waals surface area contributed by atoms with Gasteiger partial charge in [0, 0.05) is 5.88 Å². The van der Waals surface area contributed by atoms with Crippen molar-refractivity contribution in [2.24, 2.45) is 0 Å². The number of nitrogens with zero attached hydrogens (tertiary/aromatic N) is 1. The van der Waals surface area contributed by atoms with Gasteiger partial charge in [0.1, 0.15) is 5.38 Å². The van der Waals surface area contributed by atoms with E-state index in [9.17, 15) is 4.79 Å². The third kappa shape index (κ3) is 2.71. The third-order valence-corrected chi connectivity index (χ3v) is 2.87. The van der Waals surface area contributed by atoms with Crippen LogP contribution in [0.25, 0.3) is 0 Å². The van der Waals surface area contributed by atoms with Crippen molar-refractivity contribution < 1.29 is 4.79 Å². The molecule has 0 fully saturated rings. The lowest BCUT2D eigenvalue weighted by molar-refractivity contribution is -0.116. The van der Waals surface area contributed by atoms with Crippen molar-refractivity contribution >= 4 is 29.0 Å². The number of ketones is 1. The molecule has 78 valence electrons. The maximum absolute atomic E-state index is 11.1. The summed E-state index contributed by atoms with van der Waals surface area (Å²) in [6.07, 6.45) is 0. The van der Waals surface area contributed by atoms with Crippen molar-refractivity contribution in [1.82, 2.24) is 0 Å². The predicted octanol–water partition coefficient (Wildman–Crippen LogP) is 3.17.